The van der Waals surface area contributed by atoms with E-state index in [0.717, 1.165) is 10.5 Å². The van der Waals surface area contributed by atoms with Gasteiger partial charge >= 0.3 is 6.09 Å². The molecule has 0 aromatic heterocycles. The van der Waals surface area contributed by atoms with Gasteiger partial charge in [-0.05, 0) is 36.8 Å². The summed E-state index contributed by atoms with van der Waals surface area (Å²) in [4.78, 5) is 13.3. The van der Waals surface area contributed by atoms with Gasteiger partial charge < -0.3 is 15.1 Å². The van der Waals surface area contributed by atoms with Crippen LogP contribution in [0.2, 0.25) is 0 Å². The van der Waals surface area contributed by atoms with E-state index in [0.29, 0.717) is 25.9 Å². The van der Waals surface area contributed by atoms with Crippen LogP contribution in [0.5, 0.6) is 0 Å². The van der Waals surface area contributed by atoms with E-state index in [-0.39, 0.29) is 0 Å². The van der Waals surface area contributed by atoms with Gasteiger partial charge in [0.15, 0.2) is 0 Å². The minimum absolute atomic E-state index is 0.384. The zero-order chi connectivity index (χ0) is 13.2. The summed E-state index contributed by atoms with van der Waals surface area (Å²) in [5, 5.41) is 19.5. The molecule has 0 atom stereocenters. The Hall–Kier alpha value is -1.20. The van der Waals surface area contributed by atoms with Gasteiger partial charge in [0.25, 0.3) is 0 Å². The molecule has 2 N–H and O–H groups in total. The third kappa shape index (κ3) is 2.62. The number of carboxylic acid groups (broad SMARTS) is 1. The molecule has 1 aromatic carbocycles. The van der Waals surface area contributed by atoms with E-state index in [4.69, 9.17) is 5.11 Å². The Labute approximate surface area is 111 Å². The van der Waals surface area contributed by atoms with Crippen LogP contribution in [-0.2, 0) is 5.60 Å². The number of carbonyl (C=O) groups is 1. The molecule has 4 nitrogen and oxygen atoms in total. The molecule has 0 spiro atoms. The molecule has 0 bridgehead atoms. The minimum atomic E-state index is -0.907. The number of likely N-dealkylation sites (tertiary alicyclic amines) is 1. The van der Waals surface area contributed by atoms with Crippen LogP contribution in [-0.4, -0.2) is 40.6 Å². The molecular formula is C13H17NO3S. The highest BCUT2D eigenvalue weighted by Crippen LogP contribution is 2.34. The first kappa shape index (κ1) is 13.2. The van der Waals surface area contributed by atoms with Crippen LogP contribution >= 0.6 is 11.8 Å². The Morgan fingerprint density at radius 1 is 1.39 bits per heavy atom. The number of nitrogens with zero attached hydrogens (tertiary/aromatic N) is 1. The van der Waals surface area contributed by atoms with E-state index in [1.807, 2.05) is 30.5 Å². The Balaban J connectivity index is 2.15. The second kappa shape index (κ2) is 5.20. The molecule has 1 fully saturated rings. The lowest BCUT2D eigenvalue weighted by Crippen LogP contribution is -2.44. The molecule has 1 aliphatic heterocycles. The number of amides is 1. The lowest BCUT2D eigenvalue weighted by molar-refractivity contribution is -0.0214. The zero-order valence-electron chi connectivity index (χ0n) is 10.3. The first-order valence-corrected chi connectivity index (χ1v) is 7.12. The van der Waals surface area contributed by atoms with E-state index in [1.54, 1.807) is 11.8 Å². The summed E-state index contributed by atoms with van der Waals surface area (Å²) in [6, 6.07) is 7.84. The monoisotopic (exact) mass is 267 g/mol. The number of piperidine rings is 1. The number of benzene rings is 1. The number of hydrogen-bond donors (Lipinski definition) is 2. The average molecular weight is 267 g/mol. The van der Waals surface area contributed by atoms with Crippen molar-refractivity contribution >= 4 is 17.9 Å². The summed E-state index contributed by atoms with van der Waals surface area (Å²) < 4.78 is 0. The van der Waals surface area contributed by atoms with Crippen molar-refractivity contribution in [1.82, 2.24) is 4.90 Å². The Bertz CT molecular complexity index is 442. The Kier molecular flexibility index (Phi) is 3.82. The number of thioether (sulfide) groups is 1. The van der Waals surface area contributed by atoms with Crippen molar-refractivity contribution in [3.63, 3.8) is 0 Å². The number of rotatable bonds is 2. The topological polar surface area (TPSA) is 60.8 Å². The minimum Gasteiger partial charge on any atom is -0.465 e. The normalized spacial score (nSPS) is 18.7. The summed E-state index contributed by atoms with van der Waals surface area (Å²) in [5.74, 6) is 0. The van der Waals surface area contributed by atoms with E-state index in [9.17, 15) is 9.90 Å². The van der Waals surface area contributed by atoms with Crippen molar-refractivity contribution in [1.29, 1.82) is 0 Å². The van der Waals surface area contributed by atoms with E-state index < -0.39 is 11.7 Å². The molecule has 18 heavy (non-hydrogen) atoms. The lowest BCUT2D eigenvalue weighted by Gasteiger charge is -2.37. The smallest absolute Gasteiger partial charge is 0.407 e. The SMILES string of the molecule is CSc1cccc(C2(O)CCN(C(=O)O)CC2)c1. The molecule has 0 saturated carbocycles. The van der Waals surface area contributed by atoms with Gasteiger partial charge in [-0.15, -0.1) is 11.8 Å². The predicted molar refractivity (Wildman–Crippen MR) is 71.0 cm³/mol. The maximum absolute atomic E-state index is 10.8. The molecule has 1 saturated heterocycles. The van der Waals surface area contributed by atoms with Crippen molar-refractivity contribution in [2.45, 2.75) is 23.3 Å². The summed E-state index contributed by atoms with van der Waals surface area (Å²) in [7, 11) is 0. The van der Waals surface area contributed by atoms with E-state index in [2.05, 4.69) is 0 Å². The summed E-state index contributed by atoms with van der Waals surface area (Å²) in [5.41, 5.74) is -0.00286. The van der Waals surface area contributed by atoms with Crippen LogP contribution in [0.3, 0.4) is 0 Å². The molecule has 0 aliphatic carbocycles. The van der Waals surface area contributed by atoms with Crippen molar-refractivity contribution in [2.75, 3.05) is 19.3 Å². The van der Waals surface area contributed by atoms with E-state index in [1.165, 1.54) is 4.90 Å². The molecule has 1 aromatic rings. The molecule has 1 aliphatic rings. The third-order valence-electron chi connectivity index (χ3n) is 3.47. The fraction of sp³-hybridized carbons (Fsp3) is 0.462. The van der Waals surface area contributed by atoms with Gasteiger partial charge in [-0.2, -0.15) is 0 Å². The van der Waals surface area contributed by atoms with Crippen LogP contribution in [0.4, 0.5) is 4.79 Å². The number of hydrogen-bond acceptors (Lipinski definition) is 3. The molecule has 0 radical (unpaired) electrons. The van der Waals surface area contributed by atoms with Gasteiger partial charge in [-0.1, -0.05) is 12.1 Å². The summed E-state index contributed by atoms with van der Waals surface area (Å²) in [6.45, 7) is 0.769. The molecule has 1 heterocycles. The Morgan fingerprint density at radius 2 is 2.06 bits per heavy atom. The second-order valence-electron chi connectivity index (χ2n) is 4.53. The van der Waals surface area contributed by atoms with Gasteiger partial charge in [-0.3, -0.25) is 0 Å². The van der Waals surface area contributed by atoms with Crippen molar-refractivity contribution in [3.05, 3.63) is 29.8 Å². The largest absolute Gasteiger partial charge is 0.465 e. The van der Waals surface area contributed by atoms with Crippen molar-refractivity contribution < 1.29 is 15.0 Å². The predicted octanol–water partition coefficient (Wildman–Crippen LogP) is 2.37. The van der Waals surface area contributed by atoms with Gasteiger partial charge in [0.2, 0.25) is 0 Å². The van der Waals surface area contributed by atoms with Gasteiger partial charge in [0.1, 0.15) is 0 Å². The standard InChI is InChI=1S/C13H17NO3S/c1-18-11-4-2-3-10(9-11)13(17)5-7-14(8-6-13)12(15)16/h2-4,9,17H,5-8H2,1H3,(H,15,16). The highest BCUT2D eigenvalue weighted by Gasteiger charge is 2.35. The van der Waals surface area contributed by atoms with E-state index >= 15 is 0 Å². The number of aliphatic hydroxyl groups is 1. The van der Waals surface area contributed by atoms with Crippen molar-refractivity contribution in [3.8, 4) is 0 Å². The molecule has 1 amide bonds. The first-order chi connectivity index (χ1) is 8.55. The summed E-state index contributed by atoms with van der Waals surface area (Å²) >= 11 is 1.64. The highest BCUT2D eigenvalue weighted by atomic mass is 32.2. The molecular weight excluding hydrogens is 250 g/mol. The van der Waals surface area contributed by atoms with Crippen LogP contribution in [0.15, 0.2) is 29.2 Å². The lowest BCUT2D eigenvalue weighted by atomic mass is 9.84. The maximum Gasteiger partial charge on any atom is 0.407 e. The van der Waals surface area contributed by atoms with Gasteiger partial charge in [-0.25, -0.2) is 4.79 Å². The summed E-state index contributed by atoms with van der Waals surface area (Å²) in [6.07, 6.45) is 2.00. The molecule has 5 heteroatoms. The molecule has 2 rings (SSSR count). The fourth-order valence-corrected chi connectivity index (χ4v) is 2.73. The second-order valence-corrected chi connectivity index (χ2v) is 5.41. The fourth-order valence-electron chi connectivity index (χ4n) is 2.27. The molecule has 0 unspecified atom stereocenters. The Morgan fingerprint density at radius 3 is 2.61 bits per heavy atom. The van der Waals surface area contributed by atoms with Crippen molar-refractivity contribution in [2.24, 2.45) is 0 Å². The first-order valence-electron chi connectivity index (χ1n) is 5.90. The maximum atomic E-state index is 10.8. The molecule has 98 valence electrons. The quantitative estimate of drug-likeness (QED) is 0.808. The van der Waals surface area contributed by atoms with Gasteiger partial charge in [0.05, 0.1) is 5.60 Å². The zero-order valence-corrected chi connectivity index (χ0v) is 11.1. The van der Waals surface area contributed by atoms with Crippen LogP contribution < -0.4 is 0 Å². The van der Waals surface area contributed by atoms with Crippen LogP contribution in [0.25, 0.3) is 0 Å². The highest BCUT2D eigenvalue weighted by molar-refractivity contribution is 7.98. The van der Waals surface area contributed by atoms with Crippen LogP contribution in [0, 0.1) is 0 Å². The van der Waals surface area contributed by atoms with Gasteiger partial charge in [0, 0.05) is 18.0 Å². The van der Waals surface area contributed by atoms with Crippen LogP contribution in [0.1, 0.15) is 18.4 Å². The average Bonchev–Trinajstić information content (AvgIpc) is 2.39. The third-order valence-corrected chi connectivity index (χ3v) is 4.19.